The molecule has 2 aromatic rings. The van der Waals surface area contributed by atoms with Gasteiger partial charge in [-0.05, 0) is 36.6 Å². The zero-order valence-electron chi connectivity index (χ0n) is 11.2. The Balaban J connectivity index is 2.07. The molecular formula is C15H21N3. The lowest BCUT2D eigenvalue weighted by Gasteiger charge is -2.10. The van der Waals surface area contributed by atoms with Crippen LogP contribution in [0.2, 0.25) is 0 Å². The average molecular weight is 243 g/mol. The third-order valence-electron chi connectivity index (χ3n) is 2.96. The van der Waals surface area contributed by atoms with E-state index < -0.39 is 0 Å². The van der Waals surface area contributed by atoms with Gasteiger partial charge in [-0.2, -0.15) is 5.10 Å². The summed E-state index contributed by atoms with van der Waals surface area (Å²) in [5.74, 6) is 0. The molecule has 1 aromatic carbocycles. The summed E-state index contributed by atoms with van der Waals surface area (Å²) in [4.78, 5) is 0. The van der Waals surface area contributed by atoms with E-state index in [-0.39, 0.29) is 0 Å². The minimum absolute atomic E-state index is 0.845. The van der Waals surface area contributed by atoms with Crippen LogP contribution in [0.1, 0.15) is 30.0 Å². The largest absolute Gasteiger partial charge is 0.313 e. The maximum atomic E-state index is 4.34. The van der Waals surface area contributed by atoms with Gasteiger partial charge < -0.3 is 5.32 Å². The third kappa shape index (κ3) is 3.44. The maximum Gasteiger partial charge on any atom is 0.0662 e. The van der Waals surface area contributed by atoms with Gasteiger partial charge in [-0.25, -0.2) is 0 Å². The lowest BCUT2D eigenvalue weighted by Crippen LogP contribution is -2.15. The molecule has 96 valence electrons. The second kappa shape index (κ2) is 6.36. The highest BCUT2D eigenvalue weighted by molar-refractivity contribution is 5.27. The van der Waals surface area contributed by atoms with E-state index in [9.17, 15) is 0 Å². The van der Waals surface area contributed by atoms with Crippen LogP contribution in [0.4, 0.5) is 0 Å². The van der Waals surface area contributed by atoms with Crippen molar-refractivity contribution in [3.63, 3.8) is 0 Å². The van der Waals surface area contributed by atoms with Crippen molar-refractivity contribution in [3.05, 3.63) is 53.3 Å². The molecule has 1 heterocycles. The lowest BCUT2D eigenvalue weighted by molar-refractivity contribution is 0.649. The fourth-order valence-corrected chi connectivity index (χ4v) is 2.01. The van der Waals surface area contributed by atoms with Crippen LogP contribution < -0.4 is 5.32 Å². The summed E-state index contributed by atoms with van der Waals surface area (Å²) in [6.07, 6.45) is 5.15. The van der Waals surface area contributed by atoms with Crippen LogP contribution in [0.5, 0.6) is 0 Å². The van der Waals surface area contributed by atoms with Crippen LogP contribution >= 0.6 is 0 Å². The fraction of sp³-hybridized carbons (Fsp3) is 0.400. The summed E-state index contributed by atoms with van der Waals surface area (Å²) < 4.78 is 1.99. The van der Waals surface area contributed by atoms with Crippen molar-refractivity contribution in [2.75, 3.05) is 6.54 Å². The molecule has 2 rings (SSSR count). The van der Waals surface area contributed by atoms with Crippen molar-refractivity contribution in [1.29, 1.82) is 0 Å². The molecule has 1 N–H and O–H groups in total. The number of aromatic nitrogens is 2. The van der Waals surface area contributed by atoms with Gasteiger partial charge in [0.1, 0.15) is 0 Å². The number of hydrogen-bond acceptors (Lipinski definition) is 2. The molecule has 0 unspecified atom stereocenters. The summed E-state index contributed by atoms with van der Waals surface area (Å²) in [5.41, 5.74) is 3.90. The van der Waals surface area contributed by atoms with Gasteiger partial charge in [-0.15, -0.1) is 0 Å². The quantitative estimate of drug-likeness (QED) is 0.791. The van der Waals surface area contributed by atoms with Crippen molar-refractivity contribution < 1.29 is 0 Å². The Morgan fingerprint density at radius 1 is 1.22 bits per heavy atom. The van der Waals surface area contributed by atoms with Crippen LogP contribution in [0, 0.1) is 6.92 Å². The molecule has 0 aliphatic carbocycles. The summed E-state index contributed by atoms with van der Waals surface area (Å²) >= 11 is 0. The van der Waals surface area contributed by atoms with Crippen LogP contribution in [-0.4, -0.2) is 16.3 Å². The predicted octanol–water partition coefficient (Wildman–Crippen LogP) is 2.74. The smallest absolute Gasteiger partial charge is 0.0662 e. The zero-order chi connectivity index (χ0) is 12.8. The van der Waals surface area contributed by atoms with E-state index in [2.05, 4.69) is 54.7 Å². The molecule has 1 aromatic heterocycles. The number of aryl methyl sites for hydroxylation is 1. The topological polar surface area (TPSA) is 29.9 Å². The number of nitrogens with one attached hydrogen (secondary N) is 1. The van der Waals surface area contributed by atoms with E-state index in [1.807, 2.05) is 10.9 Å². The van der Waals surface area contributed by atoms with Crippen molar-refractivity contribution in [1.82, 2.24) is 15.1 Å². The Hall–Kier alpha value is -1.61. The van der Waals surface area contributed by atoms with E-state index >= 15 is 0 Å². The van der Waals surface area contributed by atoms with Gasteiger partial charge in [0, 0.05) is 12.7 Å². The first-order chi connectivity index (χ1) is 8.79. The molecule has 0 fully saturated rings. The summed E-state index contributed by atoms with van der Waals surface area (Å²) in [7, 11) is 0. The van der Waals surface area contributed by atoms with Gasteiger partial charge >= 0.3 is 0 Å². The Morgan fingerprint density at radius 2 is 2.00 bits per heavy atom. The third-order valence-corrected chi connectivity index (χ3v) is 2.96. The van der Waals surface area contributed by atoms with Crippen LogP contribution in [0.15, 0.2) is 36.7 Å². The van der Waals surface area contributed by atoms with Crippen LogP contribution in [0.3, 0.4) is 0 Å². The van der Waals surface area contributed by atoms with Gasteiger partial charge in [0.2, 0.25) is 0 Å². The van der Waals surface area contributed by atoms with Crippen molar-refractivity contribution in [2.24, 2.45) is 0 Å². The summed E-state index contributed by atoms with van der Waals surface area (Å²) in [6.45, 7) is 7.10. The minimum atomic E-state index is 0.845. The Morgan fingerprint density at radius 3 is 2.67 bits per heavy atom. The van der Waals surface area contributed by atoms with Gasteiger partial charge in [0.05, 0.1) is 12.7 Å². The molecule has 18 heavy (non-hydrogen) atoms. The van der Waals surface area contributed by atoms with Crippen molar-refractivity contribution in [3.8, 4) is 0 Å². The van der Waals surface area contributed by atoms with E-state index in [0.717, 1.165) is 19.6 Å². The van der Waals surface area contributed by atoms with Gasteiger partial charge in [-0.3, -0.25) is 4.68 Å². The molecule has 0 radical (unpaired) electrons. The molecule has 0 bridgehead atoms. The van der Waals surface area contributed by atoms with Gasteiger partial charge in [0.25, 0.3) is 0 Å². The first-order valence-electron chi connectivity index (χ1n) is 6.56. The molecule has 0 saturated carbocycles. The Labute approximate surface area is 109 Å². The molecule has 3 nitrogen and oxygen atoms in total. The fourth-order valence-electron chi connectivity index (χ4n) is 2.01. The normalized spacial score (nSPS) is 10.8. The number of rotatable bonds is 6. The second-order valence-electron chi connectivity index (χ2n) is 4.66. The lowest BCUT2D eigenvalue weighted by atomic mass is 10.1. The number of nitrogens with zero attached hydrogens (tertiary/aromatic N) is 2. The molecule has 0 amide bonds. The number of benzene rings is 1. The van der Waals surface area contributed by atoms with Crippen LogP contribution in [-0.2, 0) is 13.1 Å². The predicted molar refractivity (Wildman–Crippen MR) is 74.5 cm³/mol. The van der Waals surface area contributed by atoms with Gasteiger partial charge in [-0.1, -0.05) is 31.2 Å². The first kappa shape index (κ1) is 12.8. The van der Waals surface area contributed by atoms with E-state index in [1.54, 1.807) is 0 Å². The monoisotopic (exact) mass is 243 g/mol. The molecular weight excluding hydrogens is 222 g/mol. The second-order valence-corrected chi connectivity index (χ2v) is 4.66. The molecule has 0 aliphatic heterocycles. The molecule has 3 heteroatoms. The minimum Gasteiger partial charge on any atom is -0.313 e. The van der Waals surface area contributed by atoms with Crippen LogP contribution in [0.25, 0.3) is 0 Å². The Bertz CT molecular complexity index is 488. The Kier molecular flexibility index (Phi) is 4.53. The summed E-state index contributed by atoms with van der Waals surface area (Å²) in [6, 6.07) is 8.56. The van der Waals surface area contributed by atoms with E-state index in [4.69, 9.17) is 0 Å². The maximum absolute atomic E-state index is 4.34. The first-order valence-corrected chi connectivity index (χ1v) is 6.56. The average Bonchev–Trinajstić information content (AvgIpc) is 2.77. The van der Waals surface area contributed by atoms with E-state index in [1.165, 1.54) is 23.1 Å². The SMILES string of the molecule is CCCNCc1ccccc1Cn1cc(C)cn1. The molecule has 0 atom stereocenters. The molecule has 0 spiro atoms. The standard InChI is InChI=1S/C15H21N3/c1-3-8-16-10-14-6-4-5-7-15(14)12-18-11-13(2)9-17-18/h4-7,9,11,16H,3,8,10,12H2,1-2H3. The summed E-state index contributed by atoms with van der Waals surface area (Å²) in [5, 5.41) is 7.80. The van der Waals surface area contributed by atoms with Crippen molar-refractivity contribution >= 4 is 0 Å². The highest BCUT2D eigenvalue weighted by atomic mass is 15.3. The van der Waals surface area contributed by atoms with Gasteiger partial charge in [0.15, 0.2) is 0 Å². The highest BCUT2D eigenvalue weighted by Crippen LogP contribution is 2.10. The van der Waals surface area contributed by atoms with Crippen molar-refractivity contribution in [2.45, 2.75) is 33.4 Å². The highest BCUT2D eigenvalue weighted by Gasteiger charge is 2.03. The molecule has 0 aliphatic rings. The molecule has 0 saturated heterocycles. The number of hydrogen-bond donors (Lipinski definition) is 1. The van der Waals surface area contributed by atoms with E-state index in [0.29, 0.717) is 0 Å². The zero-order valence-corrected chi connectivity index (χ0v) is 11.2.